The average Bonchev–Trinajstić information content (AvgIpc) is 2.66. The van der Waals surface area contributed by atoms with E-state index in [0.717, 1.165) is 50.2 Å². The van der Waals surface area contributed by atoms with Crippen LogP contribution >= 0.6 is 15.9 Å². The normalized spacial score (nSPS) is 17.2. The molecule has 0 saturated carbocycles. The molecule has 1 saturated heterocycles. The van der Waals surface area contributed by atoms with Crippen LogP contribution in [-0.2, 0) is 6.54 Å². The average molecular weight is 342 g/mol. The first-order valence-electron chi connectivity index (χ1n) is 7.26. The molecule has 0 spiro atoms. The molecule has 0 amide bonds. The Balaban J connectivity index is 2.10. The summed E-state index contributed by atoms with van der Waals surface area (Å²) in [5.41, 5.74) is 2.66. The molecule has 1 aromatic rings. The molecule has 5 heteroatoms. The monoisotopic (exact) mass is 341 g/mol. The van der Waals surface area contributed by atoms with Gasteiger partial charge >= 0.3 is 0 Å². The minimum Gasteiger partial charge on any atom is -0.395 e. The SMILES string of the molecule is CNCc1cc(Br)ccc1N1CCCN(CCO)CC1. The number of aliphatic hydroxyl groups excluding tert-OH is 1. The quantitative estimate of drug-likeness (QED) is 0.854. The van der Waals surface area contributed by atoms with Gasteiger partial charge in [-0.2, -0.15) is 0 Å². The van der Waals surface area contributed by atoms with Crippen molar-refractivity contribution < 1.29 is 5.11 Å². The number of aliphatic hydroxyl groups is 1. The maximum absolute atomic E-state index is 9.07. The number of benzene rings is 1. The summed E-state index contributed by atoms with van der Waals surface area (Å²) >= 11 is 3.55. The van der Waals surface area contributed by atoms with Gasteiger partial charge in [0.2, 0.25) is 0 Å². The van der Waals surface area contributed by atoms with Crippen LogP contribution in [0.5, 0.6) is 0 Å². The van der Waals surface area contributed by atoms with Crippen molar-refractivity contribution in [3.63, 3.8) is 0 Å². The Morgan fingerprint density at radius 3 is 2.85 bits per heavy atom. The van der Waals surface area contributed by atoms with Crippen LogP contribution in [-0.4, -0.2) is 56.4 Å². The summed E-state index contributed by atoms with van der Waals surface area (Å²) in [6.45, 7) is 6.13. The van der Waals surface area contributed by atoms with Crippen LogP contribution in [0.4, 0.5) is 5.69 Å². The van der Waals surface area contributed by atoms with Gasteiger partial charge in [0, 0.05) is 42.9 Å². The van der Waals surface area contributed by atoms with E-state index in [1.54, 1.807) is 0 Å². The highest BCUT2D eigenvalue weighted by Crippen LogP contribution is 2.25. The van der Waals surface area contributed by atoms with Gasteiger partial charge in [-0.1, -0.05) is 15.9 Å². The van der Waals surface area contributed by atoms with Crippen molar-refractivity contribution in [3.05, 3.63) is 28.2 Å². The zero-order valence-corrected chi connectivity index (χ0v) is 13.7. The summed E-state index contributed by atoms with van der Waals surface area (Å²) in [5.74, 6) is 0. The summed E-state index contributed by atoms with van der Waals surface area (Å²) in [4.78, 5) is 4.81. The third kappa shape index (κ3) is 4.19. The standard InChI is InChI=1S/C15H24BrN3O/c1-17-12-13-11-14(16)3-4-15(13)19-6-2-5-18(7-8-19)9-10-20/h3-4,11,17,20H,2,5-10,12H2,1H3. The van der Waals surface area contributed by atoms with Crippen molar-refractivity contribution in [2.45, 2.75) is 13.0 Å². The zero-order valence-electron chi connectivity index (χ0n) is 12.1. The number of β-amino-alcohol motifs (C(OH)–C–C–N with tert-alkyl or cyclic N) is 1. The van der Waals surface area contributed by atoms with Crippen LogP contribution in [0, 0.1) is 0 Å². The second kappa shape index (κ2) is 7.98. The maximum atomic E-state index is 9.07. The molecule has 20 heavy (non-hydrogen) atoms. The number of hydrogen-bond donors (Lipinski definition) is 2. The Labute approximate surface area is 129 Å². The number of rotatable bonds is 5. The molecule has 112 valence electrons. The molecule has 4 nitrogen and oxygen atoms in total. The lowest BCUT2D eigenvalue weighted by Crippen LogP contribution is -2.33. The number of nitrogens with zero attached hydrogens (tertiary/aromatic N) is 2. The topological polar surface area (TPSA) is 38.7 Å². The van der Waals surface area contributed by atoms with Crippen LogP contribution in [0.2, 0.25) is 0 Å². The Kier molecular flexibility index (Phi) is 6.29. The molecule has 0 unspecified atom stereocenters. The summed E-state index contributed by atoms with van der Waals surface area (Å²) in [5, 5.41) is 12.3. The van der Waals surface area contributed by atoms with E-state index >= 15 is 0 Å². The highest BCUT2D eigenvalue weighted by molar-refractivity contribution is 9.10. The summed E-state index contributed by atoms with van der Waals surface area (Å²) in [6, 6.07) is 6.52. The van der Waals surface area contributed by atoms with Crippen LogP contribution < -0.4 is 10.2 Å². The highest BCUT2D eigenvalue weighted by Gasteiger charge is 2.17. The molecule has 0 aliphatic carbocycles. The van der Waals surface area contributed by atoms with Gasteiger partial charge < -0.3 is 15.3 Å². The predicted molar refractivity (Wildman–Crippen MR) is 87.3 cm³/mol. The van der Waals surface area contributed by atoms with E-state index in [9.17, 15) is 0 Å². The van der Waals surface area contributed by atoms with Gasteiger partial charge in [-0.15, -0.1) is 0 Å². The maximum Gasteiger partial charge on any atom is 0.0558 e. The van der Waals surface area contributed by atoms with E-state index in [2.05, 4.69) is 49.2 Å². The molecule has 1 fully saturated rings. The lowest BCUT2D eigenvalue weighted by Gasteiger charge is -2.26. The number of nitrogens with one attached hydrogen (secondary N) is 1. The van der Waals surface area contributed by atoms with Gasteiger partial charge in [0.25, 0.3) is 0 Å². The first kappa shape index (κ1) is 15.8. The number of halogens is 1. The van der Waals surface area contributed by atoms with E-state index in [-0.39, 0.29) is 6.61 Å². The van der Waals surface area contributed by atoms with Crippen LogP contribution in [0.15, 0.2) is 22.7 Å². The lowest BCUT2D eigenvalue weighted by molar-refractivity contribution is 0.204. The molecule has 1 aliphatic heterocycles. The van der Waals surface area contributed by atoms with Gasteiger partial charge in [0.1, 0.15) is 0 Å². The van der Waals surface area contributed by atoms with Gasteiger partial charge in [-0.25, -0.2) is 0 Å². The van der Waals surface area contributed by atoms with Gasteiger partial charge in [0.15, 0.2) is 0 Å². The van der Waals surface area contributed by atoms with Crippen molar-refractivity contribution in [1.29, 1.82) is 0 Å². The van der Waals surface area contributed by atoms with E-state index in [0.29, 0.717) is 0 Å². The van der Waals surface area contributed by atoms with E-state index in [1.165, 1.54) is 11.3 Å². The van der Waals surface area contributed by atoms with Gasteiger partial charge in [-0.3, -0.25) is 4.90 Å². The fraction of sp³-hybridized carbons (Fsp3) is 0.600. The van der Waals surface area contributed by atoms with E-state index in [4.69, 9.17) is 5.11 Å². The van der Waals surface area contributed by atoms with Crippen LogP contribution in [0.25, 0.3) is 0 Å². The number of hydrogen-bond acceptors (Lipinski definition) is 4. The van der Waals surface area contributed by atoms with Crippen LogP contribution in [0.1, 0.15) is 12.0 Å². The molecular weight excluding hydrogens is 318 g/mol. The summed E-state index contributed by atoms with van der Waals surface area (Å²) < 4.78 is 1.13. The molecule has 0 radical (unpaired) electrons. The zero-order chi connectivity index (χ0) is 14.4. The first-order chi connectivity index (χ1) is 9.74. The number of anilines is 1. The highest BCUT2D eigenvalue weighted by atomic mass is 79.9. The summed E-state index contributed by atoms with van der Waals surface area (Å²) in [7, 11) is 1.98. The smallest absolute Gasteiger partial charge is 0.0558 e. The molecule has 1 aromatic carbocycles. The fourth-order valence-electron chi connectivity index (χ4n) is 2.77. The Morgan fingerprint density at radius 1 is 1.25 bits per heavy atom. The molecule has 0 bridgehead atoms. The van der Waals surface area contributed by atoms with E-state index in [1.807, 2.05) is 7.05 Å². The van der Waals surface area contributed by atoms with Crippen molar-refractivity contribution in [3.8, 4) is 0 Å². The summed E-state index contributed by atoms with van der Waals surface area (Å²) in [6.07, 6.45) is 1.15. The Morgan fingerprint density at radius 2 is 2.10 bits per heavy atom. The molecule has 2 N–H and O–H groups in total. The molecular formula is C15H24BrN3O. The minimum atomic E-state index is 0.253. The molecule has 1 heterocycles. The third-order valence-corrected chi connectivity index (χ3v) is 4.25. The lowest BCUT2D eigenvalue weighted by atomic mass is 10.1. The van der Waals surface area contributed by atoms with Gasteiger partial charge in [0.05, 0.1) is 6.61 Å². The fourth-order valence-corrected chi connectivity index (χ4v) is 3.18. The van der Waals surface area contributed by atoms with Crippen LogP contribution in [0.3, 0.4) is 0 Å². The van der Waals surface area contributed by atoms with E-state index < -0.39 is 0 Å². The second-order valence-electron chi connectivity index (χ2n) is 5.21. The minimum absolute atomic E-state index is 0.253. The molecule has 1 aliphatic rings. The largest absolute Gasteiger partial charge is 0.395 e. The van der Waals surface area contributed by atoms with Crippen molar-refractivity contribution in [2.75, 3.05) is 51.3 Å². The molecule has 0 atom stereocenters. The molecule has 0 aromatic heterocycles. The van der Waals surface area contributed by atoms with Crippen molar-refractivity contribution >= 4 is 21.6 Å². The second-order valence-corrected chi connectivity index (χ2v) is 6.12. The van der Waals surface area contributed by atoms with Crippen molar-refractivity contribution in [2.24, 2.45) is 0 Å². The third-order valence-electron chi connectivity index (χ3n) is 3.75. The van der Waals surface area contributed by atoms with Crippen molar-refractivity contribution in [1.82, 2.24) is 10.2 Å². The molecule has 2 rings (SSSR count). The Hall–Kier alpha value is -0.620. The van der Waals surface area contributed by atoms with Gasteiger partial charge in [-0.05, 0) is 43.8 Å². The Bertz CT molecular complexity index is 428. The predicted octanol–water partition coefficient (Wildman–Crippen LogP) is 1.67. The first-order valence-corrected chi connectivity index (χ1v) is 8.05.